The number of pyridine rings is 1. The van der Waals surface area contributed by atoms with Gasteiger partial charge in [0.2, 0.25) is 0 Å². The van der Waals surface area contributed by atoms with Gasteiger partial charge in [0.1, 0.15) is 17.6 Å². The highest BCUT2D eigenvalue weighted by molar-refractivity contribution is 5.57. The molecule has 0 radical (unpaired) electrons. The van der Waals surface area contributed by atoms with E-state index >= 15 is 0 Å². The molecule has 0 aliphatic carbocycles. The Labute approximate surface area is 160 Å². The molecule has 0 spiro atoms. The van der Waals surface area contributed by atoms with Gasteiger partial charge >= 0.3 is 0 Å². The molecule has 3 atom stereocenters. The summed E-state index contributed by atoms with van der Waals surface area (Å²) in [7, 11) is 1.75. The molecule has 4 fully saturated rings. The van der Waals surface area contributed by atoms with Crippen molar-refractivity contribution in [3.63, 3.8) is 0 Å². The first-order chi connectivity index (χ1) is 13.3. The first-order valence-corrected chi connectivity index (χ1v) is 9.80. The number of piperidine rings is 3. The van der Waals surface area contributed by atoms with Gasteiger partial charge in [-0.15, -0.1) is 0 Å². The number of fused-ring (bicyclic) bond motifs is 2. The predicted molar refractivity (Wildman–Crippen MR) is 104 cm³/mol. The summed E-state index contributed by atoms with van der Waals surface area (Å²) in [5.74, 6) is 2.85. The molecule has 4 aliphatic rings. The number of rotatable bonds is 3. The van der Waals surface area contributed by atoms with E-state index in [4.69, 9.17) is 4.74 Å². The quantitative estimate of drug-likeness (QED) is 0.842. The van der Waals surface area contributed by atoms with E-state index < -0.39 is 0 Å². The van der Waals surface area contributed by atoms with E-state index in [-0.39, 0.29) is 0 Å². The van der Waals surface area contributed by atoms with Crippen LogP contribution in [0.3, 0.4) is 0 Å². The molecule has 4 saturated heterocycles. The van der Waals surface area contributed by atoms with E-state index in [1.54, 1.807) is 7.11 Å². The lowest BCUT2D eigenvalue weighted by atomic mass is 9.75. The fourth-order valence-electron chi connectivity index (χ4n) is 5.62. The molecule has 5 nitrogen and oxygen atoms in total. The third kappa shape index (κ3) is 2.51. The zero-order valence-electron chi connectivity index (χ0n) is 15.6. The average Bonchev–Trinajstić information content (AvgIpc) is 3.17. The van der Waals surface area contributed by atoms with Gasteiger partial charge in [-0.25, -0.2) is 4.98 Å². The average molecular weight is 360 g/mol. The Kier molecular flexibility index (Phi) is 4.02. The molecule has 1 aromatic carbocycles. The van der Waals surface area contributed by atoms with Gasteiger partial charge in [-0.05, 0) is 50.0 Å². The van der Waals surface area contributed by atoms with Crippen molar-refractivity contribution in [1.82, 2.24) is 9.88 Å². The minimum atomic E-state index is 0.364. The highest BCUT2D eigenvalue weighted by Gasteiger charge is 2.54. The molecular formula is C22H24N4O. The van der Waals surface area contributed by atoms with Gasteiger partial charge < -0.3 is 9.64 Å². The lowest BCUT2D eigenvalue weighted by Crippen LogP contribution is -2.60. The van der Waals surface area contributed by atoms with Crippen molar-refractivity contribution in [2.75, 3.05) is 31.6 Å². The summed E-state index contributed by atoms with van der Waals surface area (Å²) in [6.45, 7) is 3.24. The molecule has 5 heterocycles. The van der Waals surface area contributed by atoms with Crippen LogP contribution in [0.5, 0.6) is 5.75 Å². The number of para-hydroxylation sites is 1. The topological polar surface area (TPSA) is 52.4 Å². The van der Waals surface area contributed by atoms with Gasteiger partial charge in [-0.3, -0.25) is 4.90 Å². The summed E-state index contributed by atoms with van der Waals surface area (Å²) < 4.78 is 5.70. The molecule has 0 amide bonds. The van der Waals surface area contributed by atoms with Crippen molar-refractivity contribution < 1.29 is 4.74 Å². The van der Waals surface area contributed by atoms with Crippen LogP contribution in [0, 0.1) is 17.2 Å². The number of aromatic nitrogens is 1. The summed E-state index contributed by atoms with van der Waals surface area (Å²) in [5.41, 5.74) is 1.95. The second-order valence-electron chi connectivity index (χ2n) is 7.84. The van der Waals surface area contributed by atoms with E-state index in [9.17, 15) is 5.26 Å². The van der Waals surface area contributed by atoms with Gasteiger partial charge in [0, 0.05) is 36.3 Å². The van der Waals surface area contributed by atoms with Crippen LogP contribution in [0.15, 0.2) is 42.6 Å². The Bertz CT molecular complexity index is 884. The standard InChI is InChI=1S/C22H24N4O/c1-27-19-7-3-2-6-17(19)18-14-26(22-16(13-23)5-4-10-24-22)20-15-8-11-25(12-9-15)21(18)20/h2-7,10,15,18,20-21H,8-9,11-12,14H2,1H3/t18-,20-,21-/m0/s1. The summed E-state index contributed by atoms with van der Waals surface area (Å²) in [4.78, 5) is 9.72. The second-order valence-corrected chi connectivity index (χ2v) is 7.84. The van der Waals surface area contributed by atoms with Crippen LogP contribution < -0.4 is 9.64 Å². The molecule has 1 aromatic heterocycles. The third-order valence-electron chi connectivity index (χ3n) is 6.71. The van der Waals surface area contributed by atoms with E-state index in [0.717, 1.165) is 18.1 Å². The molecule has 6 rings (SSSR count). The molecule has 4 aliphatic heterocycles. The first kappa shape index (κ1) is 16.6. The van der Waals surface area contributed by atoms with Gasteiger partial charge in [0.25, 0.3) is 0 Å². The second kappa shape index (κ2) is 6.54. The minimum absolute atomic E-state index is 0.364. The van der Waals surface area contributed by atoms with Gasteiger partial charge in [0.05, 0.1) is 12.7 Å². The number of ether oxygens (including phenoxy) is 1. The van der Waals surface area contributed by atoms with Crippen molar-refractivity contribution in [3.8, 4) is 11.8 Å². The molecule has 138 valence electrons. The molecule has 27 heavy (non-hydrogen) atoms. The highest BCUT2D eigenvalue weighted by atomic mass is 16.5. The molecule has 0 N–H and O–H groups in total. The number of anilines is 1. The maximum atomic E-state index is 9.62. The Balaban J connectivity index is 1.61. The van der Waals surface area contributed by atoms with Gasteiger partial charge in [-0.2, -0.15) is 5.26 Å². The number of methoxy groups -OCH3 is 1. The third-order valence-corrected chi connectivity index (χ3v) is 6.71. The van der Waals surface area contributed by atoms with E-state index in [0.29, 0.717) is 29.5 Å². The molecule has 2 bridgehead atoms. The van der Waals surface area contributed by atoms with Crippen LogP contribution in [0.4, 0.5) is 5.82 Å². The smallest absolute Gasteiger partial charge is 0.146 e. The predicted octanol–water partition coefficient (Wildman–Crippen LogP) is 3.03. The highest BCUT2D eigenvalue weighted by Crippen LogP contribution is 2.49. The Morgan fingerprint density at radius 3 is 2.70 bits per heavy atom. The summed E-state index contributed by atoms with van der Waals surface area (Å²) >= 11 is 0. The van der Waals surface area contributed by atoms with Crippen molar-refractivity contribution in [2.24, 2.45) is 5.92 Å². The van der Waals surface area contributed by atoms with E-state index in [2.05, 4.69) is 39.1 Å². The van der Waals surface area contributed by atoms with Crippen LogP contribution in [0.1, 0.15) is 29.9 Å². The summed E-state index contributed by atoms with van der Waals surface area (Å²) in [5, 5.41) is 9.62. The van der Waals surface area contributed by atoms with Crippen LogP contribution >= 0.6 is 0 Å². The van der Waals surface area contributed by atoms with Gasteiger partial charge in [-0.1, -0.05) is 18.2 Å². The number of nitrogens with zero attached hydrogens (tertiary/aromatic N) is 4. The van der Waals surface area contributed by atoms with Crippen molar-refractivity contribution in [2.45, 2.75) is 30.8 Å². The van der Waals surface area contributed by atoms with E-state index in [1.807, 2.05) is 24.4 Å². The molecule has 0 saturated carbocycles. The molecule has 5 heteroatoms. The number of benzene rings is 1. The maximum absolute atomic E-state index is 9.62. The maximum Gasteiger partial charge on any atom is 0.146 e. The van der Waals surface area contributed by atoms with Gasteiger partial charge in [0.15, 0.2) is 0 Å². The van der Waals surface area contributed by atoms with Crippen LogP contribution in [-0.2, 0) is 0 Å². The monoisotopic (exact) mass is 360 g/mol. The van der Waals surface area contributed by atoms with Crippen molar-refractivity contribution in [1.29, 1.82) is 5.26 Å². The largest absolute Gasteiger partial charge is 0.496 e. The van der Waals surface area contributed by atoms with E-state index in [1.165, 1.54) is 31.5 Å². The fraction of sp³-hybridized carbons (Fsp3) is 0.455. The fourth-order valence-corrected chi connectivity index (χ4v) is 5.62. The summed E-state index contributed by atoms with van der Waals surface area (Å²) in [6.07, 6.45) is 4.29. The van der Waals surface area contributed by atoms with Crippen LogP contribution in [0.2, 0.25) is 0 Å². The Morgan fingerprint density at radius 1 is 1.11 bits per heavy atom. The Hall–Kier alpha value is -2.58. The normalized spacial score (nSPS) is 31.4. The van der Waals surface area contributed by atoms with Crippen LogP contribution in [-0.4, -0.2) is 48.7 Å². The summed E-state index contributed by atoms with van der Waals surface area (Å²) in [6, 6.07) is 15.4. The SMILES string of the molecule is COc1ccccc1[C@@H]1CN(c2ncccc2C#N)[C@H]2C3CCN(CC3)[C@@H]12. The number of hydrogen-bond acceptors (Lipinski definition) is 5. The lowest BCUT2D eigenvalue weighted by Gasteiger charge is -2.51. The lowest BCUT2D eigenvalue weighted by molar-refractivity contribution is 0.0352. The van der Waals surface area contributed by atoms with Crippen molar-refractivity contribution in [3.05, 3.63) is 53.7 Å². The zero-order valence-corrected chi connectivity index (χ0v) is 15.6. The first-order valence-electron chi connectivity index (χ1n) is 9.80. The van der Waals surface area contributed by atoms with Crippen LogP contribution in [0.25, 0.3) is 0 Å². The number of nitriles is 1. The zero-order chi connectivity index (χ0) is 18.4. The molecular weight excluding hydrogens is 336 g/mol. The Morgan fingerprint density at radius 2 is 1.93 bits per heavy atom. The van der Waals surface area contributed by atoms with Crippen molar-refractivity contribution >= 4 is 5.82 Å². The minimum Gasteiger partial charge on any atom is -0.496 e. The molecule has 0 unspecified atom stereocenters. The molecule has 2 aromatic rings. The number of hydrogen-bond donors (Lipinski definition) is 0.